The molecule has 0 spiro atoms. The Morgan fingerprint density at radius 3 is 2.95 bits per heavy atom. The van der Waals surface area contributed by atoms with Gasteiger partial charge in [0, 0.05) is 17.8 Å². The highest BCUT2D eigenvalue weighted by atomic mass is 19.1. The third-order valence-corrected chi connectivity index (χ3v) is 3.83. The molecule has 110 valence electrons. The lowest BCUT2D eigenvalue weighted by Crippen LogP contribution is -2.45. The molecule has 0 radical (unpaired) electrons. The number of amides is 1. The minimum Gasteiger partial charge on any atom is -0.399 e. The summed E-state index contributed by atoms with van der Waals surface area (Å²) in [6.07, 6.45) is 3.43. The molecule has 5 heteroatoms. The maximum atomic E-state index is 13.2. The molecule has 2 atom stereocenters. The first kappa shape index (κ1) is 14.8. The van der Waals surface area contributed by atoms with Gasteiger partial charge in [0.25, 0.3) is 5.91 Å². The van der Waals surface area contributed by atoms with Gasteiger partial charge in [0.05, 0.1) is 5.60 Å². The lowest BCUT2D eigenvalue weighted by Gasteiger charge is -2.35. The van der Waals surface area contributed by atoms with Gasteiger partial charge in [-0.1, -0.05) is 19.8 Å². The van der Waals surface area contributed by atoms with Crippen LogP contribution < -0.4 is 11.1 Å². The molecule has 4 N–H and O–H groups in total. The van der Waals surface area contributed by atoms with Crippen molar-refractivity contribution in [2.24, 2.45) is 5.92 Å². The molecule has 1 aromatic rings. The Morgan fingerprint density at radius 2 is 2.30 bits per heavy atom. The van der Waals surface area contributed by atoms with Gasteiger partial charge in [-0.3, -0.25) is 4.79 Å². The number of nitrogens with two attached hydrogens (primary N) is 1. The Hall–Kier alpha value is -1.62. The molecule has 1 saturated carbocycles. The minimum absolute atomic E-state index is 0.176. The van der Waals surface area contributed by atoms with Crippen molar-refractivity contribution in [3.63, 3.8) is 0 Å². The van der Waals surface area contributed by atoms with Crippen LogP contribution in [0.1, 0.15) is 43.0 Å². The van der Waals surface area contributed by atoms with Gasteiger partial charge in [0.2, 0.25) is 0 Å². The van der Waals surface area contributed by atoms with E-state index in [0.717, 1.165) is 25.0 Å². The largest absolute Gasteiger partial charge is 0.399 e. The van der Waals surface area contributed by atoms with Gasteiger partial charge in [-0.2, -0.15) is 0 Å². The van der Waals surface area contributed by atoms with Gasteiger partial charge in [0.15, 0.2) is 0 Å². The number of hydrogen-bond acceptors (Lipinski definition) is 3. The summed E-state index contributed by atoms with van der Waals surface area (Å²) in [5.74, 6) is -0.501. The van der Waals surface area contributed by atoms with E-state index in [0.29, 0.717) is 18.8 Å². The highest BCUT2D eigenvalue weighted by Gasteiger charge is 2.32. The molecule has 1 aliphatic rings. The SMILES string of the molecule is CC1CCCC(O)(CNC(=O)c2cc(N)cc(F)c2)C1. The van der Waals surface area contributed by atoms with E-state index in [1.54, 1.807) is 0 Å². The molecule has 0 saturated heterocycles. The summed E-state index contributed by atoms with van der Waals surface area (Å²) in [7, 11) is 0. The smallest absolute Gasteiger partial charge is 0.251 e. The Balaban J connectivity index is 1.98. The molecule has 4 nitrogen and oxygen atoms in total. The highest BCUT2D eigenvalue weighted by molar-refractivity contribution is 5.95. The first-order valence-electron chi connectivity index (χ1n) is 6.95. The van der Waals surface area contributed by atoms with E-state index in [-0.39, 0.29) is 17.8 Å². The average molecular weight is 280 g/mol. The molecule has 2 rings (SSSR count). The standard InChI is InChI=1S/C15H21FN2O2/c1-10-3-2-4-15(20,8-10)9-18-14(19)11-5-12(16)7-13(17)6-11/h5-7,10,20H,2-4,8-9,17H2,1H3,(H,18,19). The van der Waals surface area contributed by atoms with Gasteiger partial charge in [-0.25, -0.2) is 4.39 Å². The van der Waals surface area contributed by atoms with Crippen molar-refractivity contribution in [2.75, 3.05) is 12.3 Å². The number of hydrogen-bond donors (Lipinski definition) is 3. The van der Waals surface area contributed by atoms with Crippen molar-refractivity contribution in [1.82, 2.24) is 5.32 Å². The number of anilines is 1. The van der Waals surface area contributed by atoms with E-state index in [1.807, 2.05) is 0 Å². The summed E-state index contributed by atoms with van der Waals surface area (Å²) in [6, 6.07) is 3.72. The zero-order valence-corrected chi connectivity index (χ0v) is 11.7. The topological polar surface area (TPSA) is 75.3 Å². The second-order valence-electron chi connectivity index (χ2n) is 5.88. The summed E-state index contributed by atoms with van der Waals surface area (Å²) >= 11 is 0. The lowest BCUT2D eigenvalue weighted by atomic mass is 9.79. The average Bonchev–Trinajstić information content (AvgIpc) is 2.34. The van der Waals surface area contributed by atoms with Crippen LogP contribution in [0, 0.1) is 11.7 Å². The van der Waals surface area contributed by atoms with Crippen LogP contribution in [0.25, 0.3) is 0 Å². The molecule has 2 unspecified atom stereocenters. The summed E-state index contributed by atoms with van der Waals surface area (Å²) < 4.78 is 13.2. The molecular formula is C15H21FN2O2. The van der Waals surface area contributed by atoms with E-state index in [1.165, 1.54) is 6.07 Å². The van der Waals surface area contributed by atoms with Gasteiger partial charge < -0.3 is 16.2 Å². The van der Waals surface area contributed by atoms with Gasteiger partial charge in [-0.15, -0.1) is 0 Å². The maximum absolute atomic E-state index is 13.2. The van der Waals surface area contributed by atoms with Gasteiger partial charge >= 0.3 is 0 Å². The van der Waals surface area contributed by atoms with E-state index in [2.05, 4.69) is 12.2 Å². The number of rotatable bonds is 3. The van der Waals surface area contributed by atoms with Crippen molar-refractivity contribution in [1.29, 1.82) is 0 Å². The molecule has 1 fully saturated rings. The summed E-state index contributed by atoms with van der Waals surface area (Å²) in [5.41, 5.74) is 5.04. The number of halogens is 1. The zero-order valence-electron chi connectivity index (χ0n) is 11.7. The molecule has 20 heavy (non-hydrogen) atoms. The normalized spacial score (nSPS) is 26.2. The number of nitrogen functional groups attached to an aromatic ring is 1. The fourth-order valence-electron chi connectivity index (χ4n) is 2.88. The Bertz CT molecular complexity index is 486. The van der Waals surface area contributed by atoms with Crippen molar-refractivity contribution >= 4 is 11.6 Å². The molecule has 1 aromatic carbocycles. The quantitative estimate of drug-likeness (QED) is 0.742. The maximum Gasteiger partial charge on any atom is 0.251 e. The Kier molecular flexibility index (Phi) is 4.28. The van der Waals surface area contributed by atoms with Crippen LogP contribution >= 0.6 is 0 Å². The molecule has 0 aromatic heterocycles. The van der Waals surface area contributed by atoms with Crippen LogP contribution in [-0.2, 0) is 0 Å². The van der Waals surface area contributed by atoms with Crippen molar-refractivity contribution in [2.45, 2.75) is 38.2 Å². The molecule has 0 bridgehead atoms. The predicted molar refractivity (Wildman–Crippen MR) is 75.7 cm³/mol. The summed E-state index contributed by atoms with van der Waals surface area (Å²) in [6.45, 7) is 2.28. The molecule has 0 aliphatic heterocycles. The van der Waals surface area contributed by atoms with E-state index in [9.17, 15) is 14.3 Å². The fraction of sp³-hybridized carbons (Fsp3) is 0.533. The van der Waals surface area contributed by atoms with Crippen molar-refractivity contribution < 1.29 is 14.3 Å². The first-order valence-corrected chi connectivity index (χ1v) is 6.95. The second-order valence-corrected chi connectivity index (χ2v) is 5.88. The highest BCUT2D eigenvalue weighted by Crippen LogP contribution is 2.31. The van der Waals surface area contributed by atoms with Crippen LogP contribution in [0.4, 0.5) is 10.1 Å². The summed E-state index contributed by atoms with van der Waals surface area (Å²) in [5, 5.41) is 13.1. The number of aliphatic hydroxyl groups is 1. The Labute approximate surface area is 118 Å². The van der Waals surface area contributed by atoms with Crippen LogP contribution in [0.3, 0.4) is 0 Å². The lowest BCUT2D eigenvalue weighted by molar-refractivity contribution is -0.0109. The summed E-state index contributed by atoms with van der Waals surface area (Å²) in [4.78, 5) is 12.0. The van der Waals surface area contributed by atoms with Gasteiger partial charge in [-0.05, 0) is 37.0 Å². The second kappa shape index (κ2) is 5.79. The predicted octanol–water partition coefficient (Wildman–Crippen LogP) is 2.08. The molecule has 1 amide bonds. The molecule has 1 aliphatic carbocycles. The number of benzene rings is 1. The van der Waals surface area contributed by atoms with Crippen LogP contribution in [0.2, 0.25) is 0 Å². The number of carbonyl (C=O) groups excluding carboxylic acids is 1. The van der Waals surface area contributed by atoms with E-state index in [4.69, 9.17) is 5.73 Å². The third kappa shape index (κ3) is 3.70. The molecular weight excluding hydrogens is 259 g/mol. The fourth-order valence-corrected chi connectivity index (χ4v) is 2.88. The van der Waals surface area contributed by atoms with Gasteiger partial charge in [0.1, 0.15) is 5.82 Å². The first-order chi connectivity index (χ1) is 9.38. The zero-order chi connectivity index (χ0) is 14.8. The van der Waals surface area contributed by atoms with E-state index < -0.39 is 17.3 Å². The van der Waals surface area contributed by atoms with Crippen LogP contribution in [0.15, 0.2) is 18.2 Å². The van der Waals surface area contributed by atoms with Crippen molar-refractivity contribution in [3.8, 4) is 0 Å². The minimum atomic E-state index is -0.855. The number of nitrogens with one attached hydrogen (secondary N) is 1. The Morgan fingerprint density at radius 1 is 1.55 bits per heavy atom. The van der Waals surface area contributed by atoms with E-state index >= 15 is 0 Å². The third-order valence-electron chi connectivity index (χ3n) is 3.83. The molecule has 0 heterocycles. The monoisotopic (exact) mass is 280 g/mol. The van der Waals surface area contributed by atoms with Crippen LogP contribution in [-0.4, -0.2) is 23.2 Å². The number of carbonyl (C=O) groups is 1. The van der Waals surface area contributed by atoms with Crippen LogP contribution in [0.5, 0.6) is 0 Å². The van der Waals surface area contributed by atoms with Crippen molar-refractivity contribution in [3.05, 3.63) is 29.6 Å².